The summed E-state index contributed by atoms with van der Waals surface area (Å²) in [7, 11) is 1.80. The van der Waals surface area contributed by atoms with Crippen LogP contribution >= 0.6 is 22.7 Å². The van der Waals surface area contributed by atoms with E-state index in [4.69, 9.17) is 0 Å². The summed E-state index contributed by atoms with van der Waals surface area (Å²) in [6, 6.07) is 11.4. The first-order valence-electron chi connectivity index (χ1n) is 8.96. The van der Waals surface area contributed by atoms with E-state index in [1.165, 1.54) is 22.7 Å². The first-order chi connectivity index (χ1) is 13.6. The quantitative estimate of drug-likeness (QED) is 0.697. The van der Waals surface area contributed by atoms with Crippen LogP contribution < -0.4 is 10.2 Å². The van der Waals surface area contributed by atoms with Crippen molar-refractivity contribution in [2.75, 3.05) is 30.4 Å². The van der Waals surface area contributed by atoms with Gasteiger partial charge >= 0.3 is 0 Å². The molecule has 0 fully saturated rings. The zero-order valence-electron chi connectivity index (χ0n) is 15.4. The number of thiazole rings is 1. The molecular formula is C20H20N4O2S2. The number of rotatable bonds is 5. The van der Waals surface area contributed by atoms with Crippen molar-refractivity contribution < 1.29 is 9.59 Å². The molecule has 0 unspecified atom stereocenters. The minimum atomic E-state index is -0.135. The Hall–Kier alpha value is -2.55. The van der Waals surface area contributed by atoms with Crippen LogP contribution in [0.15, 0.2) is 47.2 Å². The van der Waals surface area contributed by atoms with Crippen LogP contribution in [-0.2, 0) is 17.8 Å². The number of fused-ring (bicyclic) bond motifs is 1. The van der Waals surface area contributed by atoms with Crippen molar-refractivity contribution in [1.29, 1.82) is 0 Å². The first-order valence-corrected chi connectivity index (χ1v) is 10.7. The van der Waals surface area contributed by atoms with Crippen molar-refractivity contribution in [3.63, 3.8) is 0 Å². The highest BCUT2D eigenvalue weighted by Crippen LogP contribution is 2.29. The number of amides is 2. The molecule has 6 nitrogen and oxygen atoms in total. The van der Waals surface area contributed by atoms with Gasteiger partial charge in [-0.2, -0.15) is 11.3 Å². The second-order valence-electron chi connectivity index (χ2n) is 6.60. The highest BCUT2D eigenvalue weighted by Gasteiger charge is 2.24. The average Bonchev–Trinajstić information content (AvgIpc) is 3.37. The van der Waals surface area contributed by atoms with Gasteiger partial charge in [0.15, 0.2) is 5.13 Å². The van der Waals surface area contributed by atoms with Crippen LogP contribution in [0.2, 0.25) is 0 Å². The molecular weight excluding hydrogens is 392 g/mol. The minimum Gasteiger partial charge on any atom is -0.314 e. The average molecular weight is 413 g/mol. The number of hydrogen-bond acceptors (Lipinski definition) is 6. The Kier molecular flexibility index (Phi) is 5.52. The Morgan fingerprint density at radius 2 is 2.07 bits per heavy atom. The fraction of sp³-hybridized carbons (Fsp3) is 0.250. The molecule has 1 aliphatic rings. The van der Waals surface area contributed by atoms with Crippen molar-refractivity contribution >= 4 is 45.3 Å². The van der Waals surface area contributed by atoms with Gasteiger partial charge in [-0.25, -0.2) is 4.98 Å². The van der Waals surface area contributed by atoms with Gasteiger partial charge in [-0.15, -0.1) is 11.3 Å². The zero-order valence-corrected chi connectivity index (χ0v) is 17.1. The molecule has 1 N–H and O–H groups in total. The summed E-state index contributed by atoms with van der Waals surface area (Å²) in [6.07, 6.45) is 0.780. The minimum absolute atomic E-state index is 0.0603. The zero-order chi connectivity index (χ0) is 19.5. The van der Waals surface area contributed by atoms with Crippen molar-refractivity contribution in [3.05, 3.63) is 63.3 Å². The van der Waals surface area contributed by atoms with Gasteiger partial charge < -0.3 is 4.90 Å². The molecule has 28 heavy (non-hydrogen) atoms. The Morgan fingerprint density at radius 3 is 2.82 bits per heavy atom. The number of likely N-dealkylation sites (N-methyl/N-ethyl adjacent to an activating group) is 1. The number of nitrogens with one attached hydrogen (secondary N) is 1. The largest absolute Gasteiger partial charge is 0.314 e. The highest BCUT2D eigenvalue weighted by atomic mass is 32.1. The van der Waals surface area contributed by atoms with E-state index < -0.39 is 0 Å². The lowest BCUT2D eigenvalue weighted by Crippen LogP contribution is -2.40. The summed E-state index contributed by atoms with van der Waals surface area (Å²) in [5.41, 5.74) is 2.56. The normalized spacial score (nSPS) is 13.8. The van der Waals surface area contributed by atoms with Gasteiger partial charge in [0.05, 0.1) is 17.8 Å². The third kappa shape index (κ3) is 4.14. The number of hydrogen-bond donors (Lipinski definition) is 1. The molecule has 2 aromatic heterocycles. The topological polar surface area (TPSA) is 65.5 Å². The fourth-order valence-electron chi connectivity index (χ4n) is 3.09. The number of carbonyl (C=O) groups excluding carboxylic acids is 2. The number of carbonyl (C=O) groups is 2. The first kappa shape index (κ1) is 18.8. The van der Waals surface area contributed by atoms with E-state index in [2.05, 4.69) is 15.2 Å². The number of para-hydroxylation sites is 1. The fourth-order valence-corrected chi connectivity index (χ4v) is 4.77. The predicted molar refractivity (Wildman–Crippen MR) is 113 cm³/mol. The van der Waals surface area contributed by atoms with Gasteiger partial charge in [0, 0.05) is 42.5 Å². The Bertz CT molecular complexity index is 970. The van der Waals surface area contributed by atoms with Gasteiger partial charge in [-0.1, -0.05) is 18.2 Å². The van der Waals surface area contributed by atoms with Crippen LogP contribution in [0.3, 0.4) is 0 Å². The van der Waals surface area contributed by atoms with Crippen LogP contribution in [-0.4, -0.2) is 41.8 Å². The molecule has 4 rings (SSSR count). The Balaban J connectivity index is 1.37. The van der Waals surface area contributed by atoms with E-state index in [1.54, 1.807) is 18.0 Å². The predicted octanol–water partition coefficient (Wildman–Crippen LogP) is 3.48. The van der Waals surface area contributed by atoms with Crippen molar-refractivity contribution in [3.8, 4) is 0 Å². The number of thiophene rings is 1. The van der Waals surface area contributed by atoms with Gasteiger partial charge in [0.25, 0.3) is 5.91 Å². The molecule has 3 aromatic rings. The molecule has 0 aliphatic carbocycles. The number of anilines is 2. The van der Waals surface area contributed by atoms with E-state index in [9.17, 15) is 9.59 Å². The summed E-state index contributed by atoms with van der Waals surface area (Å²) in [4.78, 5) is 34.3. The van der Waals surface area contributed by atoms with Crippen molar-refractivity contribution in [2.24, 2.45) is 0 Å². The monoisotopic (exact) mass is 412 g/mol. The van der Waals surface area contributed by atoms with E-state index in [-0.39, 0.29) is 11.8 Å². The molecule has 0 bridgehead atoms. The molecule has 1 aliphatic heterocycles. The molecule has 0 saturated carbocycles. The van der Waals surface area contributed by atoms with Gasteiger partial charge in [0.1, 0.15) is 0 Å². The maximum Gasteiger partial charge on any atom is 0.258 e. The molecule has 1 aromatic carbocycles. The molecule has 0 atom stereocenters. The highest BCUT2D eigenvalue weighted by molar-refractivity contribution is 7.16. The lowest BCUT2D eigenvalue weighted by molar-refractivity contribution is -0.119. The summed E-state index contributed by atoms with van der Waals surface area (Å²) < 4.78 is 0. The Labute approximate surface area is 171 Å². The van der Waals surface area contributed by atoms with E-state index in [0.717, 1.165) is 29.2 Å². The second-order valence-corrected chi connectivity index (χ2v) is 8.47. The van der Waals surface area contributed by atoms with Gasteiger partial charge in [-0.3, -0.25) is 19.8 Å². The smallest absolute Gasteiger partial charge is 0.258 e. The number of benzene rings is 1. The SMILES string of the molecule is CN(C(=O)CN1CCc2nc(NC(=O)c3ccsc3)sc2C1)c1ccccc1. The second kappa shape index (κ2) is 8.22. The number of aromatic nitrogens is 1. The van der Waals surface area contributed by atoms with Crippen LogP contribution in [0, 0.1) is 0 Å². The third-order valence-corrected chi connectivity index (χ3v) is 6.37. The van der Waals surface area contributed by atoms with Crippen molar-refractivity contribution in [1.82, 2.24) is 9.88 Å². The molecule has 8 heteroatoms. The van der Waals surface area contributed by atoms with Crippen LogP contribution in [0.25, 0.3) is 0 Å². The maximum atomic E-state index is 12.6. The van der Waals surface area contributed by atoms with Gasteiger partial charge in [-0.05, 0) is 23.6 Å². The summed E-state index contributed by atoms with van der Waals surface area (Å²) in [5.74, 6) is -0.0750. The summed E-state index contributed by atoms with van der Waals surface area (Å²) >= 11 is 2.98. The maximum absolute atomic E-state index is 12.6. The molecule has 0 spiro atoms. The van der Waals surface area contributed by atoms with E-state index in [1.807, 2.05) is 41.1 Å². The lowest BCUT2D eigenvalue weighted by Gasteiger charge is -2.27. The van der Waals surface area contributed by atoms with Gasteiger partial charge in [0.2, 0.25) is 5.91 Å². The molecule has 3 heterocycles. The van der Waals surface area contributed by atoms with Crippen LogP contribution in [0.5, 0.6) is 0 Å². The third-order valence-electron chi connectivity index (χ3n) is 4.69. The lowest BCUT2D eigenvalue weighted by atomic mass is 10.2. The van der Waals surface area contributed by atoms with E-state index >= 15 is 0 Å². The standard InChI is InChI=1S/C20H20N4O2S2/c1-23(15-5-3-2-4-6-15)18(25)12-24-9-7-16-17(11-24)28-20(21-16)22-19(26)14-8-10-27-13-14/h2-6,8,10,13H,7,9,11-12H2,1H3,(H,21,22,26). The van der Waals surface area contributed by atoms with E-state index in [0.29, 0.717) is 23.8 Å². The summed E-state index contributed by atoms with van der Waals surface area (Å²) in [5, 5.41) is 7.20. The Morgan fingerprint density at radius 1 is 1.25 bits per heavy atom. The summed E-state index contributed by atoms with van der Waals surface area (Å²) in [6.45, 7) is 1.82. The van der Waals surface area contributed by atoms with Crippen LogP contribution in [0.4, 0.5) is 10.8 Å². The van der Waals surface area contributed by atoms with Crippen LogP contribution in [0.1, 0.15) is 20.9 Å². The number of nitrogens with zero attached hydrogens (tertiary/aromatic N) is 3. The molecule has 0 radical (unpaired) electrons. The molecule has 144 valence electrons. The molecule has 2 amide bonds. The molecule has 0 saturated heterocycles. The van der Waals surface area contributed by atoms with Crippen molar-refractivity contribution in [2.45, 2.75) is 13.0 Å².